The molecular formula is C16H24N2O2. The lowest BCUT2D eigenvalue weighted by Crippen LogP contribution is -2.14. The topological polar surface area (TPSA) is 72.2 Å². The average molecular weight is 276 g/mol. The Kier molecular flexibility index (Phi) is 7.12. The van der Waals surface area contributed by atoms with Crippen molar-refractivity contribution in [3.8, 4) is 0 Å². The molecule has 1 aliphatic heterocycles. The molecule has 0 amide bonds. The van der Waals surface area contributed by atoms with Gasteiger partial charge >= 0.3 is 0 Å². The van der Waals surface area contributed by atoms with Crippen LogP contribution in [0.1, 0.15) is 38.3 Å². The average Bonchev–Trinajstić information content (AvgIpc) is 2.94. The molecule has 1 aliphatic rings. The van der Waals surface area contributed by atoms with Crippen LogP contribution in [0.25, 0.3) is 0 Å². The Morgan fingerprint density at radius 2 is 1.95 bits per heavy atom. The summed E-state index contributed by atoms with van der Waals surface area (Å²) in [5.41, 5.74) is 6.80. The third-order valence-electron chi connectivity index (χ3n) is 3.37. The first kappa shape index (κ1) is 16.5. The third-order valence-corrected chi connectivity index (χ3v) is 3.37. The molecule has 2 rings (SSSR count). The SMILES string of the molecule is CC(=O)CC(N)c1ccccc1.CC(=O)[C@@H]1CCNC1. The highest BCUT2D eigenvalue weighted by Crippen LogP contribution is 2.12. The predicted octanol–water partition coefficient (Wildman–Crippen LogP) is 1.85. The summed E-state index contributed by atoms with van der Waals surface area (Å²) in [6.07, 6.45) is 1.46. The zero-order chi connectivity index (χ0) is 15.0. The van der Waals surface area contributed by atoms with E-state index in [9.17, 15) is 9.59 Å². The number of Topliss-reactive ketones (excluding diaryl/α,β-unsaturated/α-hetero) is 2. The van der Waals surface area contributed by atoms with Gasteiger partial charge in [-0.1, -0.05) is 30.3 Å². The van der Waals surface area contributed by atoms with Gasteiger partial charge in [-0.25, -0.2) is 0 Å². The maximum atomic E-state index is 10.7. The molecule has 0 aromatic heterocycles. The standard InChI is InChI=1S/C10H13NO.C6H11NO/c1-8(12)7-10(11)9-5-3-2-4-6-9;1-5(8)6-2-3-7-4-6/h2-6,10H,7,11H2,1H3;6-7H,2-4H2,1H3/t;6-/m.1/s1. The van der Waals surface area contributed by atoms with Crippen LogP contribution < -0.4 is 11.1 Å². The number of hydrogen-bond donors (Lipinski definition) is 2. The first-order valence-electron chi connectivity index (χ1n) is 7.02. The summed E-state index contributed by atoms with van der Waals surface area (Å²) in [5.74, 6) is 0.774. The number of carbonyl (C=O) groups is 2. The Morgan fingerprint density at radius 1 is 1.30 bits per heavy atom. The van der Waals surface area contributed by atoms with E-state index >= 15 is 0 Å². The lowest BCUT2D eigenvalue weighted by atomic mass is 10.0. The number of rotatable bonds is 4. The van der Waals surface area contributed by atoms with Crippen LogP contribution >= 0.6 is 0 Å². The van der Waals surface area contributed by atoms with E-state index in [1.54, 1.807) is 13.8 Å². The molecule has 0 spiro atoms. The van der Waals surface area contributed by atoms with Crippen LogP contribution in [0.2, 0.25) is 0 Å². The lowest BCUT2D eigenvalue weighted by Gasteiger charge is -2.08. The third kappa shape index (κ3) is 6.08. The predicted molar refractivity (Wildman–Crippen MR) is 80.3 cm³/mol. The fourth-order valence-electron chi connectivity index (χ4n) is 2.13. The molecule has 1 heterocycles. The molecule has 1 fully saturated rings. The van der Waals surface area contributed by atoms with Crippen molar-refractivity contribution in [3.05, 3.63) is 35.9 Å². The molecular weight excluding hydrogens is 252 g/mol. The molecule has 110 valence electrons. The number of nitrogens with one attached hydrogen (secondary N) is 1. The highest BCUT2D eigenvalue weighted by Gasteiger charge is 2.17. The summed E-state index contributed by atoms with van der Waals surface area (Å²) in [7, 11) is 0. The maximum absolute atomic E-state index is 10.7. The second-order valence-electron chi connectivity index (χ2n) is 5.22. The number of benzene rings is 1. The molecule has 1 aromatic carbocycles. The molecule has 3 N–H and O–H groups in total. The molecule has 4 nitrogen and oxygen atoms in total. The van der Waals surface area contributed by atoms with Gasteiger partial charge in [0, 0.05) is 24.9 Å². The van der Waals surface area contributed by atoms with Gasteiger partial charge in [-0.05, 0) is 32.4 Å². The number of nitrogens with two attached hydrogens (primary N) is 1. The Balaban J connectivity index is 0.000000217. The monoisotopic (exact) mass is 276 g/mol. The van der Waals surface area contributed by atoms with Crippen molar-refractivity contribution in [3.63, 3.8) is 0 Å². The van der Waals surface area contributed by atoms with Gasteiger partial charge in [-0.3, -0.25) is 9.59 Å². The summed E-state index contributed by atoms with van der Waals surface area (Å²) >= 11 is 0. The number of ketones is 2. The van der Waals surface area contributed by atoms with Crippen LogP contribution in [-0.4, -0.2) is 24.7 Å². The van der Waals surface area contributed by atoms with Gasteiger partial charge < -0.3 is 11.1 Å². The number of carbonyl (C=O) groups excluding carboxylic acids is 2. The Bertz CT molecular complexity index is 425. The van der Waals surface area contributed by atoms with Crippen molar-refractivity contribution < 1.29 is 9.59 Å². The first-order chi connectivity index (χ1) is 9.50. The minimum absolute atomic E-state index is 0.131. The molecule has 0 bridgehead atoms. The highest BCUT2D eigenvalue weighted by atomic mass is 16.1. The fraction of sp³-hybridized carbons (Fsp3) is 0.500. The largest absolute Gasteiger partial charge is 0.324 e. The van der Waals surface area contributed by atoms with E-state index < -0.39 is 0 Å². The van der Waals surface area contributed by atoms with E-state index in [0.717, 1.165) is 25.1 Å². The number of hydrogen-bond acceptors (Lipinski definition) is 4. The van der Waals surface area contributed by atoms with E-state index in [4.69, 9.17) is 5.73 Å². The van der Waals surface area contributed by atoms with Crippen LogP contribution in [0.15, 0.2) is 30.3 Å². The molecule has 20 heavy (non-hydrogen) atoms. The Morgan fingerprint density at radius 3 is 2.35 bits per heavy atom. The van der Waals surface area contributed by atoms with Crippen LogP contribution in [0.3, 0.4) is 0 Å². The summed E-state index contributed by atoms with van der Waals surface area (Å²) in [4.78, 5) is 21.4. The van der Waals surface area contributed by atoms with E-state index in [2.05, 4.69) is 5.32 Å². The van der Waals surface area contributed by atoms with Gasteiger partial charge in [-0.15, -0.1) is 0 Å². The van der Waals surface area contributed by atoms with Gasteiger partial charge in [0.25, 0.3) is 0 Å². The zero-order valence-corrected chi connectivity index (χ0v) is 12.3. The fourth-order valence-corrected chi connectivity index (χ4v) is 2.13. The van der Waals surface area contributed by atoms with Gasteiger partial charge in [0.1, 0.15) is 11.6 Å². The van der Waals surface area contributed by atoms with Crippen molar-refractivity contribution in [2.75, 3.05) is 13.1 Å². The molecule has 2 atom stereocenters. The van der Waals surface area contributed by atoms with E-state index in [0.29, 0.717) is 18.1 Å². The first-order valence-corrected chi connectivity index (χ1v) is 7.02. The maximum Gasteiger partial charge on any atom is 0.134 e. The molecule has 1 aromatic rings. The molecule has 4 heteroatoms. The van der Waals surface area contributed by atoms with Gasteiger partial charge in [0.2, 0.25) is 0 Å². The Labute approximate surface area is 120 Å². The minimum atomic E-state index is -0.149. The van der Waals surface area contributed by atoms with Crippen molar-refractivity contribution in [1.82, 2.24) is 5.32 Å². The van der Waals surface area contributed by atoms with Crippen LogP contribution in [-0.2, 0) is 9.59 Å². The summed E-state index contributed by atoms with van der Waals surface area (Å²) in [6.45, 7) is 5.14. The van der Waals surface area contributed by atoms with Crippen LogP contribution in [0.4, 0.5) is 0 Å². The molecule has 1 unspecified atom stereocenters. The van der Waals surface area contributed by atoms with E-state index in [-0.39, 0.29) is 11.8 Å². The summed E-state index contributed by atoms with van der Waals surface area (Å²) in [5, 5.41) is 3.13. The second kappa shape index (κ2) is 8.61. The van der Waals surface area contributed by atoms with E-state index in [1.807, 2.05) is 30.3 Å². The van der Waals surface area contributed by atoms with Gasteiger partial charge in [-0.2, -0.15) is 0 Å². The van der Waals surface area contributed by atoms with Crippen molar-refractivity contribution in [2.45, 2.75) is 32.7 Å². The highest BCUT2D eigenvalue weighted by molar-refractivity contribution is 5.78. The zero-order valence-electron chi connectivity index (χ0n) is 12.3. The molecule has 0 radical (unpaired) electrons. The van der Waals surface area contributed by atoms with Crippen LogP contribution in [0.5, 0.6) is 0 Å². The normalized spacial score (nSPS) is 18.9. The van der Waals surface area contributed by atoms with Crippen molar-refractivity contribution in [1.29, 1.82) is 0 Å². The second-order valence-corrected chi connectivity index (χ2v) is 5.22. The van der Waals surface area contributed by atoms with Crippen molar-refractivity contribution >= 4 is 11.6 Å². The van der Waals surface area contributed by atoms with Gasteiger partial charge in [0.05, 0.1) is 0 Å². The van der Waals surface area contributed by atoms with Crippen LogP contribution in [0, 0.1) is 5.92 Å². The van der Waals surface area contributed by atoms with Gasteiger partial charge in [0.15, 0.2) is 0 Å². The minimum Gasteiger partial charge on any atom is -0.324 e. The molecule has 0 aliphatic carbocycles. The Hall–Kier alpha value is -1.52. The van der Waals surface area contributed by atoms with Crippen molar-refractivity contribution in [2.24, 2.45) is 11.7 Å². The quantitative estimate of drug-likeness (QED) is 0.880. The summed E-state index contributed by atoms with van der Waals surface area (Å²) < 4.78 is 0. The lowest BCUT2D eigenvalue weighted by molar-refractivity contribution is -0.120. The smallest absolute Gasteiger partial charge is 0.134 e. The molecule has 0 saturated carbocycles. The summed E-state index contributed by atoms with van der Waals surface area (Å²) in [6, 6.07) is 9.51. The van der Waals surface area contributed by atoms with E-state index in [1.165, 1.54) is 0 Å². The molecule has 1 saturated heterocycles.